The predicted octanol–water partition coefficient (Wildman–Crippen LogP) is 4.10. The molecule has 0 radical (unpaired) electrons. The molecule has 0 aliphatic heterocycles. The van der Waals surface area contributed by atoms with E-state index in [1.54, 1.807) is 0 Å². The molecule has 0 aromatic heterocycles. The first-order valence-electron chi connectivity index (χ1n) is 10.7. The van der Waals surface area contributed by atoms with E-state index in [9.17, 15) is 4.21 Å². The highest BCUT2D eigenvalue weighted by Crippen LogP contribution is 2.41. The van der Waals surface area contributed by atoms with Crippen LogP contribution in [-0.4, -0.2) is 48.8 Å². The van der Waals surface area contributed by atoms with Crippen molar-refractivity contribution in [3.05, 3.63) is 35.9 Å². The van der Waals surface area contributed by atoms with Crippen LogP contribution in [0, 0.1) is 5.41 Å². The van der Waals surface area contributed by atoms with Gasteiger partial charge in [-0.25, -0.2) is 0 Å². The lowest BCUT2D eigenvalue weighted by atomic mass is 9.83. The fourth-order valence-electron chi connectivity index (χ4n) is 3.75. The highest BCUT2D eigenvalue weighted by molar-refractivity contribution is 14.0. The van der Waals surface area contributed by atoms with Gasteiger partial charge in [-0.3, -0.25) is 9.20 Å². The standard InChI is InChI=1S/C22H37N3O2S.HI/c1-3-23-21(24-15-17-28(26)18-20-10-6-5-7-11-20)25-19-22(12-8-9-13-22)14-16-27-4-2;/h5-7,10-11H,3-4,8-9,12-19H2,1-2H3,(H2,23,24,25);1H. The summed E-state index contributed by atoms with van der Waals surface area (Å²) in [5, 5.41) is 6.68. The van der Waals surface area contributed by atoms with Crippen LogP contribution < -0.4 is 10.6 Å². The molecule has 7 heteroatoms. The molecular weight excluding hydrogens is 497 g/mol. The minimum atomic E-state index is -0.873. The molecule has 2 rings (SSSR count). The zero-order chi connectivity index (χ0) is 20.1. The van der Waals surface area contributed by atoms with Gasteiger partial charge >= 0.3 is 0 Å². The van der Waals surface area contributed by atoms with E-state index in [1.165, 1.54) is 25.7 Å². The molecule has 0 saturated heterocycles. The van der Waals surface area contributed by atoms with Crippen LogP contribution in [0.1, 0.15) is 51.5 Å². The minimum Gasteiger partial charge on any atom is -0.382 e. The van der Waals surface area contributed by atoms with Gasteiger partial charge in [0, 0.05) is 55.2 Å². The van der Waals surface area contributed by atoms with Gasteiger partial charge in [0.25, 0.3) is 0 Å². The lowest BCUT2D eigenvalue weighted by molar-refractivity contribution is 0.107. The van der Waals surface area contributed by atoms with Gasteiger partial charge in [-0.2, -0.15) is 0 Å². The first-order valence-corrected chi connectivity index (χ1v) is 12.1. The molecule has 0 bridgehead atoms. The molecule has 1 aromatic carbocycles. The second-order valence-corrected chi connectivity index (χ2v) is 9.13. The van der Waals surface area contributed by atoms with Crippen molar-refractivity contribution in [2.24, 2.45) is 10.4 Å². The van der Waals surface area contributed by atoms with Gasteiger partial charge in [0.05, 0.1) is 0 Å². The van der Waals surface area contributed by atoms with Crippen LogP contribution in [0.5, 0.6) is 0 Å². The van der Waals surface area contributed by atoms with Gasteiger partial charge in [-0.15, -0.1) is 24.0 Å². The second-order valence-electron chi connectivity index (χ2n) is 7.55. The molecule has 0 heterocycles. The van der Waals surface area contributed by atoms with Crippen LogP contribution in [-0.2, 0) is 21.3 Å². The van der Waals surface area contributed by atoms with Crippen LogP contribution in [0.15, 0.2) is 35.3 Å². The van der Waals surface area contributed by atoms with E-state index in [1.807, 2.05) is 30.3 Å². The van der Waals surface area contributed by atoms with Crippen molar-refractivity contribution in [2.45, 2.75) is 51.7 Å². The van der Waals surface area contributed by atoms with Gasteiger partial charge in [-0.1, -0.05) is 43.2 Å². The van der Waals surface area contributed by atoms with Gasteiger partial charge in [0.15, 0.2) is 5.96 Å². The van der Waals surface area contributed by atoms with Gasteiger partial charge in [-0.05, 0) is 44.1 Å². The Morgan fingerprint density at radius 1 is 1.17 bits per heavy atom. The Morgan fingerprint density at radius 2 is 1.90 bits per heavy atom. The van der Waals surface area contributed by atoms with Crippen molar-refractivity contribution in [3.63, 3.8) is 0 Å². The van der Waals surface area contributed by atoms with Crippen molar-refractivity contribution in [1.82, 2.24) is 10.6 Å². The Labute approximate surface area is 196 Å². The number of rotatable bonds is 12. The smallest absolute Gasteiger partial charge is 0.191 e. The van der Waals surface area contributed by atoms with Crippen molar-refractivity contribution < 1.29 is 8.95 Å². The molecule has 1 aliphatic carbocycles. The third-order valence-electron chi connectivity index (χ3n) is 5.35. The van der Waals surface area contributed by atoms with Crippen LogP contribution in [0.25, 0.3) is 0 Å². The molecule has 1 fully saturated rings. The Morgan fingerprint density at radius 3 is 2.55 bits per heavy atom. The van der Waals surface area contributed by atoms with Gasteiger partial charge in [0.1, 0.15) is 0 Å². The third kappa shape index (κ3) is 10.3. The molecule has 166 valence electrons. The molecule has 1 unspecified atom stereocenters. The second kappa shape index (κ2) is 15.2. The van der Waals surface area contributed by atoms with E-state index in [0.717, 1.165) is 44.2 Å². The van der Waals surface area contributed by atoms with E-state index >= 15 is 0 Å². The maximum atomic E-state index is 12.3. The van der Waals surface area contributed by atoms with Crippen molar-refractivity contribution >= 4 is 40.7 Å². The van der Waals surface area contributed by atoms with Crippen LogP contribution >= 0.6 is 24.0 Å². The summed E-state index contributed by atoms with van der Waals surface area (Å²) >= 11 is 0. The van der Waals surface area contributed by atoms with E-state index in [-0.39, 0.29) is 29.4 Å². The lowest BCUT2D eigenvalue weighted by Gasteiger charge is -2.27. The van der Waals surface area contributed by atoms with Crippen molar-refractivity contribution in [2.75, 3.05) is 38.6 Å². The lowest BCUT2D eigenvalue weighted by Crippen LogP contribution is -2.40. The normalized spacial score (nSPS) is 16.8. The molecular formula is C22H38IN3O2S. The predicted molar refractivity (Wildman–Crippen MR) is 135 cm³/mol. The summed E-state index contributed by atoms with van der Waals surface area (Å²) in [5.74, 6) is 2.06. The molecule has 0 amide bonds. The van der Waals surface area contributed by atoms with Crippen molar-refractivity contribution in [3.8, 4) is 0 Å². The largest absolute Gasteiger partial charge is 0.382 e. The molecule has 1 atom stereocenters. The number of ether oxygens (including phenoxy) is 1. The average molecular weight is 536 g/mol. The number of aliphatic imine (C=N–C) groups is 1. The Hall–Kier alpha value is -0.670. The number of hydrogen-bond acceptors (Lipinski definition) is 3. The summed E-state index contributed by atoms with van der Waals surface area (Å²) in [6, 6.07) is 10.0. The van der Waals surface area contributed by atoms with Gasteiger partial charge in [0.2, 0.25) is 0 Å². The zero-order valence-electron chi connectivity index (χ0n) is 18.0. The van der Waals surface area contributed by atoms with E-state index < -0.39 is 10.8 Å². The van der Waals surface area contributed by atoms with Crippen LogP contribution in [0.3, 0.4) is 0 Å². The monoisotopic (exact) mass is 535 g/mol. The zero-order valence-corrected chi connectivity index (χ0v) is 21.1. The van der Waals surface area contributed by atoms with Crippen molar-refractivity contribution in [1.29, 1.82) is 0 Å². The summed E-state index contributed by atoms with van der Waals surface area (Å²) in [7, 11) is -0.873. The number of nitrogens with zero attached hydrogens (tertiary/aromatic N) is 1. The molecule has 1 aromatic rings. The SMILES string of the molecule is CCNC(=NCC1(CCOCC)CCCC1)NCCS(=O)Cc1ccccc1.I. The highest BCUT2D eigenvalue weighted by Gasteiger charge is 2.33. The Bertz CT molecular complexity index is 607. The quantitative estimate of drug-likeness (QED) is 0.183. The Balaban J connectivity index is 0.00000420. The number of nitrogens with one attached hydrogen (secondary N) is 2. The van der Waals surface area contributed by atoms with E-state index in [4.69, 9.17) is 9.73 Å². The average Bonchev–Trinajstić information content (AvgIpc) is 3.16. The van der Waals surface area contributed by atoms with E-state index in [0.29, 0.717) is 18.1 Å². The molecule has 1 saturated carbocycles. The summed E-state index contributed by atoms with van der Waals surface area (Å²) in [6.07, 6.45) is 6.16. The molecule has 2 N–H and O–H groups in total. The first-order chi connectivity index (χ1) is 13.7. The third-order valence-corrected chi connectivity index (χ3v) is 6.67. The first kappa shape index (κ1) is 26.4. The minimum absolute atomic E-state index is 0. The maximum Gasteiger partial charge on any atom is 0.191 e. The summed E-state index contributed by atoms with van der Waals surface area (Å²) < 4.78 is 17.9. The van der Waals surface area contributed by atoms with Gasteiger partial charge < -0.3 is 15.4 Å². The topological polar surface area (TPSA) is 62.7 Å². The number of guanidine groups is 1. The van der Waals surface area contributed by atoms with Crippen LogP contribution in [0.4, 0.5) is 0 Å². The summed E-state index contributed by atoms with van der Waals surface area (Å²) in [4.78, 5) is 4.87. The van der Waals surface area contributed by atoms with Crippen LogP contribution in [0.2, 0.25) is 0 Å². The number of hydrogen-bond donors (Lipinski definition) is 2. The number of benzene rings is 1. The summed E-state index contributed by atoms with van der Waals surface area (Å²) in [5.41, 5.74) is 1.41. The molecule has 0 spiro atoms. The van der Waals surface area contributed by atoms with E-state index in [2.05, 4.69) is 24.5 Å². The molecule has 29 heavy (non-hydrogen) atoms. The fourth-order valence-corrected chi connectivity index (χ4v) is 4.79. The maximum absolute atomic E-state index is 12.3. The highest BCUT2D eigenvalue weighted by atomic mass is 127. The number of halogens is 1. The summed E-state index contributed by atoms with van der Waals surface area (Å²) in [6.45, 7) is 8.06. The Kier molecular flexibility index (Phi) is 13.8. The fraction of sp³-hybridized carbons (Fsp3) is 0.682. The molecule has 1 aliphatic rings. The molecule has 5 nitrogen and oxygen atoms in total.